The fraction of sp³-hybridized carbons (Fsp3) is 0.133. The number of fused-ring (bicyclic) bond motifs is 1. The van der Waals surface area contributed by atoms with Gasteiger partial charge in [-0.1, -0.05) is 25.1 Å². The molecule has 2 aromatic heterocycles. The molecule has 0 aliphatic rings. The Balaban J connectivity index is 1.96. The minimum Gasteiger partial charge on any atom is -0.267 e. The van der Waals surface area contributed by atoms with E-state index in [0.29, 0.717) is 15.8 Å². The van der Waals surface area contributed by atoms with Gasteiger partial charge in [-0.25, -0.2) is 9.66 Å². The van der Waals surface area contributed by atoms with Crippen LogP contribution in [0, 0.1) is 0 Å². The van der Waals surface area contributed by atoms with Crippen LogP contribution in [0.15, 0.2) is 47.5 Å². The van der Waals surface area contributed by atoms with Gasteiger partial charge in [0.2, 0.25) is 0 Å². The predicted octanol–water partition coefficient (Wildman–Crippen LogP) is 2.40. The van der Waals surface area contributed by atoms with Crippen molar-refractivity contribution in [2.24, 2.45) is 0 Å². The Morgan fingerprint density at radius 2 is 2.10 bits per heavy atom. The molecule has 0 aliphatic heterocycles. The second kappa shape index (κ2) is 5.49. The highest BCUT2D eigenvalue weighted by Crippen LogP contribution is 2.20. The van der Waals surface area contributed by atoms with Gasteiger partial charge in [0.05, 0.1) is 5.39 Å². The van der Waals surface area contributed by atoms with Crippen molar-refractivity contribution >= 4 is 27.5 Å². The van der Waals surface area contributed by atoms with E-state index in [4.69, 9.17) is 0 Å². The number of aromatic nitrogens is 2. The molecule has 3 aromatic rings. The van der Waals surface area contributed by atoms with Crippen LogP contribution in [-0.2, 0) is 6.42 Å². The number of rotatable bonds is 3. The number of nitrogens with zero attached hydrogens (tertiary/aromatic N) is 2. The first-order chi connectivity index (χ1) is 10.2. The zero-order valence-electron chi connectivity index (χ0n) is 11.4. The Morgan fingerprint density at radius 3 is 2.81 bits per heavy atom. The summed E-state index contributed by atoms with van der Waals surface area (Å²) in [4.78, 5) is 30.4. The first-order valence-corrected chi connectivity index (χ1v) is 7.37. The van der Waals surface area contributed by atoms with Gasteiger partial charge in [-0.2, -0.15) is 0 Å². The zero-order chi connectivity index (χ0) is 14.8. The van der Waals surface area contributed by atoms with Gasteiger partial charge in [-0.05, 0) is 24.6 Å². The molecule has 21 heavy (non-hydrogen) atoms. The predicted molar refractivity (Wildman–Crippen MR) is 83.4 cm³/mol. The van der Waals surface area contributed by atoms with Crippen molar-refractivity contribution < 1.29 is 4.79 Å². The van der Waals surface area contributed by atoms with Crippen LogP contribution in [0.5, 0.6) is 0 Å². The number of benzene rings is 1. The number of nitrogens with one attached hydrogen (secondary N) is 1. The fourth-order valence-corrected chi connectivity index (χ4v) is 2.92. The number of thiophene rings is 1. The number of hydrogen-bond donors (Lipinski definition) is 1. The van der Waals surface area contributed by atoms with Crippen molar-refractivity contribution in [1.29, 1.82) is 0 Å². The van der Waals surface area contributed by atoms with E-state index in [9.17, 15) is 9.59 Å². The summed E-state index contributed by atoms with van der Waals surface area (Å²) in [5.41, 5.74) is 2.78. The van der Waals surface area contributed by atoms with E-state index in [1.165, 1.54) is 17.7 Å². The molecule has 0 radical (unpaired) electrons. The molecule has 1 amide bonds. The third-order valence-corrected chi connectivity index (χ3v) is 4.30. The van der Waals surface area contributed by atoms with E-state index in [-0.39, 0.29) is 11.5 Å². The Kier molecular flexibility index (Phi) is 3.53. The minimum atomic E-state index is -0.343. The van der Waals surface area contributed by atoms with Gasteiger partial charge >= 0.3 is 0 Å². The number of carbonyl (C=O) groups excluding carboxylic acids is 1. The Labute approximate surface area is 124 Å². The lowest BCUT2D eigenvalue weighted by Crippen LogP contribution is -2.32. The lowest BCUT2D eigenvalue weighted by Gasteiger charge is -2.07. The molecule has 0 spiro atoms. The monoisotopic (exact) mass is 299 g/mol. The van der Waals surface area contributed by atoms with Gasteiger partial charge in [-0.15, -0.1) is 11.3 Å². The molecule has 0 saturated carbocycles. The first-order valence-electron chi connectivity index (χ1n) is 6.55. The second-order valence-electron chi connectivity index (χ2n) is 4.51. The summed E-state index contributed by atoms with van der Waals surface area (Å²) in [5.74, 6) is -0.343. The van der Waals surface area contributed by atoms with Crippen molar-refractivity contribution in [2.45, 2.75) is 13.3 Å². The molecular formula is C15H13N3O2S. The van der Waals surface area contributed by atoms with Crippen LogP contribution in [0.1, 0.15) is 22.2 Å². The van der Waals surface area contributed by atoms with E-state index < -0.39 is 0 Å². The molecule has 2 heterocycles. The molecular weight excluding hydrogens is 286 g/mol. The number of amides is 1. The molecule has 1 N–H and O–H groups in total. The van der Waals surface area contributed by atoms with Crippen molar-refractivity contribution in [3.63, 3.8) is 0 Å². The normalized spacial score (nSPS) is 10.7. The molecule has 0 saturated heterocycles. The lowest BCUT2D eigenvalue weighted by molar-refractivity contribution is 0.101. The molecule has 0 unspecified atom stereocenters. The summed E-state index contributed by atoms with van der Waals surface area (Å²) in [6.45, 7) is 2.03. The molecule has 0 bridgehead atoms. The molecule has 0 atom stereocenters. The topological polar surface area (TPSA) is 64.0 Å². The average molecular weight is 299 g/mol. The van der Waals surface area contributed by atoms with Gasteiger partial charge in [-0.3, -0.25) is 15.0 Å². The summed E-state index contributed by atoms with van der Waals surface area (Å²) in [7, 11) is 0. The third kappa shape index (κ3) is 2.57. The summed E-state index contributed by atoms with van der Waals surface area (Å²) >= 11 is 1.50. The van der Waals surface area contributed by atoms with Crippen molar-refractivity contribution in [2.75, 3.05) is 5.43 Å². The largest absolute Gasteiger partial charge is 0.280 e. The highest BCUT2D eigenvalue weighted by atomic mass is 32.1. The van der Waals surface area contributed by atoms with E-state index in [1.807, 2.05) is 19.1 Å². The smallest absolute Gasteiger partial charge is 0.267 e. The number of aryl methyl sites for hydroxylation is 1. The molecule has 106 valence electrons. The Morgan fingerprint density at radius 1 is 1.33 bits per heavy atom. The summed E-state index contributed by atoms with van der Waals surface area (Å²) in [6.07, 6.45) is 2.21. The van der Waals surface area contributed by atoms with Crippen LogP contribution in [0.3, 0.4) is 0 Å². The van der Waals surface area contributed by atoms with Gasteiger partial charge in [0.25, 0.3) is 11.5 Å². The van der Waals surface area contributed by atoms with Crippen LogP contribution in [0.4, 0.5) is 0 Å². The van der Waals surface area contributed by atoms with Crippen LogP contribution in [0.25, 0.3) is 10.2 Å². The van der Waals surface area contributed by atoms with E-state index >= 15 is 0 Å². The highest BCUT2D eigenvalue weighted by molar-refractivity contribution is 7.18. The van der Waals surface area contributed by atoms with Crippen LogP contribution >= 0.6 is 11.3 Å². The van der Waals surface area contributed by atoms with Crippen molar-refractivity contribution in [1.82, 2.24) is 9.66 Å². The summed E-state index contributed by atoms with van der Waals surface area (Å²) in [5, 5.41) is 0.535. The van der Waals surface area contributed by atoms with Crippen LogP contribution in [0.2, 0.25) is 0 Å². The summed E-state index contributed by atoms with van der Waals surface area (Å²) in [6, 6.07) is 10.6. The fourth-order valence-electron chi connectivity index (χ4n) is 1.99. The third-order valence-electron chi connectivity index (χ3n) is 3.11. The number of carbonyl (C=O) groups is 1. The van der Waals surface area contributed by atoms with Gasteiger partial charge in [0.1, 0.15) is 11.2 Å². The molecule has 0 aliphatic carbocycles. The molecule has 3 rings (SSSR count). The molecule has 5 nitrogen and oxygen atoms in total. The van der Waals surface area contributed by atoms with Gasteiger partial charge in [0, 0.05) is 10.4 Å². The van der Waals surface area contributed by atoms with Crippen LogP contribution < -0.4 is 11.0 Å². The van der Waals surface area contributed by atoms with Crippen molar-refractivity contribution in [3.8, 4) is 0 Å². The highest BCUT2D eigenvalue weighted by Gasteiger charge is 2.11. The lowest BCUT2D eigenvalue weighted by atomic mass is 10.2. The minimum absolute atomic E-state index is 0.264. The van der Waals surface area contributed by atoms with Gasteiger partial charge in [0.15, 0.2) is 0 Å². The van der Waals surface area contributed by atoms with Crippen LogP contribution in [-0.4, -0.2) is 15.6 Å². The maximum atomic E-state index is 12.3. The Bertz CT molecular complexity index is 852. The van der Waals surface area contributed by atoms with Gasteiger partial charge < -0.3 is 0 Å². The quantitative estimate of drug-likeness (QED) is 0.807. The van der Waals surface area contributed by atoms with E-state index in [1.54, 1.807) is 24.3 Å². The zero-order valence-corrected chi connectivity index (χ0v) is 12.2. The summed E-state index contributed by atoms with van der Waals surface area (Å²) < 4.78 is 1.13. The molecule has 6 heteroatoms. The van der Waals surface area contributed by atoms with E-state index in [0.717, 1.165) is 16.0 Å². The maximum Gasteiger partial charge on any atom is 0.280 e. The molecule has 0 fully saturated rings. The first kappa shape index (κ1) is 13.5. The molecule has 1 aromatic carbocycles. The van der Waals surface area contributed by atoms with E-state index in [2.05, 4.69) is 10.4 Å². The maximum absolute atomic E-state index is 12.3. The number of hydrogen-bond acceptors (Lipinski definition) is 4. The second-order valence-corrected chi connectivity index (χ2v) is 5.63. The SMILES string of the molecule is CCc1cc2c(=O)n(NC(=O)c3ccccc3)cnc2s1. The van der Waals surface area contributed by atoms with Crippen molar-refractivity contribution in [3.05, 3.63) is 63.5 Å². The average Bonchev–Trinajstić information content (AvgIpc) is 2.95. The Hall–Kier alpha value is -2.47. The standard InChI is InChI=1S/C15H13N3O2S/c1-2-11-8-12-14(21-11)16-9-18(15(12)20)17-13(19)10-6-4-3-5-7-10/h3-9H,2H2,1H3,(H,17,19).